The molecule has 0 aromatic heterocycles. The second kappa shape index (κ2) is 6.85. The molecule has 2 N–H and O–H groups in total. The Balaban J connectivity index is 2.03. The molecule has 1 aromatic carbocycles. The maximum atomic E-state index is 12.5. The van der Waals surface area contributed by atoms with Gasteiger partial charge in [-0.05, 0) is 43.2 Å². The highest BCUT2D eigenvalue weighted by molar-refractivity contribution is 5.87. The van der Waals surface area contributed by atoms with E-state index in [1.54, 1.807) is 0 Å². The Bertz CT molecular complexity index is 525. The number of nitrogens with one attached hydrogen (secondary N) is 2. The number of alkyl halides is 3. The van der Waals surface area contributed by atoms with Crippen LogP contribution in [0.25, 0.3) is 0 Å². The van der Waals surface area contributed by atoms with E-state index in [-0.39, 0.29) is 18.0 Å². The summed E-state index contributed by atoms with van der Waals surface area (Å²) in [6, 6.07) is 4.93. The van der Waals surface area contributed by atoms with Gasteiger partial charge >= 0.3 is 6.18 Å². The van der Waals surface area contributed by atoms with Crippen molar-refractivity contribution in [2.75, 3.05) is 5.32 Å². The molecular formula is C16H19F3N2O. The van der Waals surface area contributed by atoms with Crippen molar-refractivity contribution in [2.45, 2.75) is 43.9 Å². The molecule has 0 spiro atoms. The fourth-order valence-corrected chi connectivity index (χ4v) is 2.69. The zero-order chi connectivity index (χ0) is 16.2. The smallest absolute Gasteiger partial charge is 0.380 e. The van der Waals surface area contributed by atoms with Crippen LogP contribution in [0.3, 0.4) is 0 Å². The molecule has 1 aliphatic rings. The van der Waals surface area contributed by atoms with Gasteiger partial charge in [0.2, 0.25) is 5.91 Å². The van der Waals surface area contributed by atoms with Crippen LogP contribution in [0, 0.1) is 0 Å². The number of anilines is 1. The van der Waals surface area contributed by atoms with Gasteiger partial charge in [-0.1, -0.05) is 19.4 Å². The zero-order valence-electron chi connectivity index (χ0n) is 12.1. The number of amides is 1. The van der Waals surface area contributed by atoms with Crippen LogP contribution in [-0.2, 0) is 11.0 Å². The number of rotatable bonds is 4. The van der Waals surface area contributed by atoms with Crippen LogP contribution in [-0.4, -0.2) is 18.0 Å². The summed E-state index contributed by atoms with van der Waals surface area (Å²) < 4.78 is 37.6. The molecule has 22 heavy (non-hydrogen) atoms. The Morgan fingerprint density at radius 3 is 2.27 bits per heavy atom. The minimum absolute atomic E-state index is 0.00869. The van der Waals surface area contributed by atoms with Crippen LogP contribution >= 0.6 is 0 Å². The molecule has 2 rings (SSSR count). The van der Waals surface area contributed by atoms with Gasteiger partial charge in [0.25, 0.3) is 0 Å². The molecule has 2 atom stereocenters. The standard InChI is InChI=1S/C16H19F3N2O/c1-2-15(22)21-14-6-4-3-5-13(14)20-12-9-7-11(8-10-12)16(17,18)19/h2,7-10,13-14,20H,1,3-6H2,(H,21,22). The first-order valence-corrected chi connectivity index (χ1v) is 7.27. The van der Waals surface area contributed by atoms with Crippen molar-refractivity contribution in [3.05, 3.63) is 42.5 Å². The van der Waals surface area contributed by atoms with E-state index in [9.17, 15) is 18.0 Å². The average Bonchev–Trinajstić information content (AvgIpc) is 2.49. The molecule has 1 aromatic rings. The van der Waals surface area contributed by atoms with Gasteiger partial charge in [0.15, 0.2) is 0 Å². The van der Waals surface area contributed by atoms with E-state index in [0.717, 1.165) is 37.8 Å². The molecule has 0 bridgehead atoms. The summed E-state index contributed by atoms with van der Waals surface area (Å²) in [7, 11) is 0. The van der Waals surface area contributed by atoms with Gasteiger partial charge in [0.1, 0.15) is 0 Å². The number of carbonyl (C=O) groups excluding carboxylic acids is 1. The predicted octanol–water partition coefficient (Wildman–Crippen LogP) is 3.73. The minimum Gasteiger partial charge on any atom is -0.380 e. The highest BCUT2D eigenvalue weighted by atomic mass is 19.4. The molecule has 1 fully saturated rings. The SMILES string of the molecule is C=CC(=O)NC1CCCCC1Nc1ccc(C(F)(F)F)cc1. The van der Waals surface area contributed by atoms with Gasteiger partial charge in [0, 0.05) is 17.8 Å². The topological polar surface area (TPSA) is 41.1 Å². The van der Waals surface area contributed by atoms with Crippen molar-refractivity contribution < 1.29 is 18.0 Å². The first kappa shape index (κ1) is 16.4. The van der Waals surface area contributed by atoms with Gasteiger partial charge in [-0.3, -0.25) is 4.79 Å². The second-order valence-electron chi connectivity index (χ2n) is 5.43. The molecule has 0 radical (unpaired) electrons. The number of hydrogen-bond donors (Lipinski definition) is 2. The maximum absolute atomic E-state index is 12.5. The van der Waals surface area contributed by atoms with Gasteiger partial charge < -0.3 is 10.6 Å². The molecule has 0 heterocycles. The van der Waals surface area contributed by atoms with E-state index < -0.39 is 11.7 Å². The molecule has 0 saturated heterocycles. The van der Waals surface area contributed by atoms with Crippen molar-refractivity contribution in [1.29, 1.82) is 0 Å². The molecule has 1 saturated carbocycles. The molecule has 6 heteroatoms. The van der Waals surface area contributed by atoms with E-state index in [4.69, 9.17) is 0 Å². The van der Waals surface area contributed by atoms with Crippen molar-refractivity contribution in [1.82, 2.24) is 5.32 Å². The summed E-state index contributed by atoms with van der Waals surface area (Å²) in [6.45, 7) is 3.43. The molecule has 2 unspecified atom stereocenters. The second-order valence-corrected chi connectivity index (χ2v) is 5.43. The third-order valence-corrected chi connectivity index (χ3v) is 3.84. The summed E-state index contributed by atoms with van der Waals surface area (Å²) in [5.74, 6) is -0.230. The maximum Gasteiger partial charge on any atom is 0.416 e. The van der Waals surface area contributed by atoms with Crippen LogP contribution in [0.2, 0.25) is 0 Å². The van der Waals surface area contributed by atoms with Gasteiger partial charge in [0.05, 0.1) is 5.56 Å². The van der Waals surface area contributed by atoms with E-state index in [1.165, 1.54) is 18.2 Å². The van der Waals surface area contributed by atoms with Crippen molar-refractivity contribution in [2.24, 2.45) is 0 Å². The quantitative estimate of drug-likeness (QED) is 0.832. The third-order valence-electron chi connectivity index (χ3n) is 3.84. The molecule has 3 nitrogen and oxygen atoms in total. The number of benzene rings is 1. The Morgan fingerprint density at radius 1 is 1.14 bits per heavy atom. The minimum atomic E-state index is -4.33. The summed E-state index contributed by atoms with van der Waals surface area (Å²) in [5, 5.41) is 6.10. The summed E-state index contributed by atoms with van der Waals surface area (Å²) in [4.78, 5) is 11.5. The van der Waals surface area contributed by atoms with Crippen LogP contribution in [0.4, 0.5) is 18.9 Å². The van der Waals surface area contributed by atoms with Gasteiger partial charge in [-0.15, -0.1) is 0 Å². The normalized spacial score (nSPS) is 22.0. The summed E-state index contributed by atoms with van der Waals surface area (Å²) in [5.41, 5.74) is -0.0454. The number of carbonyl (C=O) groups is 1. The van der Waals surface area contributed by atoms with Gasteiger partial charge in [-0.25, -0.2) is 0 Å². The van der Waals surface area contributed by atoms with Crippen LogP contribution in [0.1, 0.15) is 31.2 Å². The molecule has 120 valence electrons. The van der Waals surface area contributed by atoms with Crippen LogP contribution in [0.15, 0.2) is 36.9 Å². The Labute approximate surface area is 127 Å². The lowest BCUT2D eigenvalue weighted by atomic mass is 9.90. The monoisotopic (exact) mass is 312 g/mol. The average molecular weight is 312 g/mol. The van der Waals surface area contributed by atoms with E-state index >= 15 is 0 Å². The largest absolute Gasteiger partial charge is 0.416 e. The lowest BCUT2D eigenvalue weighted by Crippen LogP contribution is -2.48. The molecule has 0 aliphatic heterocycles. The van der Waals surface area contributed by atoms with Crippen molar-refractivity contribution in [3.63, 3.8) is 0 Å². The van der Waals surface area contributed by atoms with E-state index in [1.807, 2.05) is 0 Å². The highest BCUT2D eigenvalue weighted by Gasteiger charge is 2.30. The zero-order valence-corrected chi connectivity index (χ0v) is 12.1. The predicted molar refractivity (Wildman–Crippen MR) is 79.5 cm³/mol. The Hall–Kier alpha value is -1.98. The fourth-order valence-electron chi connectivity index (χ4n) is 2.69. The highest BCUT2D eigenvalue weighted by Crippen LogP contribution is 2.30. The van der Waals surface area contributed by atoms with Crippen molar-refractivity contribution >= 4 is 11.6 Å². The molecule has 1 aliphatic carbocycles. The number of halogens is 3. The fraction of sp³-hybridized carbons (Fsp3) is 0.438. The van der Waals surface area contributed by atoms with Crippen molar-refractivity contribution in [3.8, 4) is 0 Å². The van der Waals surface area contributed by atoms with Crippen LogP contribution in [0.5, 0.6) is 0 Å². The van der Waals surface area contributed by atoms with Gasteiger partial charge in [-0.2, -0.15) is 13.2 Å². The Morgan fingerprint density at radius 2 is 1.73 bits per heavy atom. The van der Waals surface area contributed by atoms with E-state index in [2.05, 4.69) is 17.2 Å². The molecule has 1 amide bonds. The first-order valence-electron chi connectivity index (χ1n) is 7.27. The Kier molecular flexibility index (Phi) is 5.11. The van der Waals surface area contributed by atoms with Crippen LogP contribution < -0.4 is 10.6 Å². The lowest BCUT2D eigenvalue weighted by Gasteiger charge is -2.33. The lowest BCUT2D eigenvalue weighted by molar-refractivity contribution is -0.137. The van der Waals surface area contributed by atoms with E-state index in [0.29, 0.717) is 5.69 Å². The number of hydrogen-bond acceptors (Lipinski definition) is 2. The summed E-state index contributed by atoms with van der Waals surface area (Å²) >= 11 is 0. The first-order chi connectivity index (χ1) is 10.4. The summed E-state index contributed by atoms with van der Waals surface area (Å²) in [6.07, 6.45) is 0.653. The molecular weight excluding hydrogens is 293 g/mol. The third kappa shape index (κ3) is 4.26.